The van der Waals surface area contributed by atoms with Crippen LogP contribution in [0.1, 0.15) is 24.0 Å². The van der Waals surface area contributed by atoms with E-state index in [2.05, 4.69) is 29.3 Å². The van der Waals surface area contributed by atoms with Crippen LogP contribution in [-0.2, 0) is 9.53 Å². The maximum absolute atomic E-state index is 11.4. The molecule has 0 heterocycles. The van der Waals surface area contributed by atoms with E-state index in [0.29, 0.717) is 6.61 Å². The van der Waals surface area contributed by atoms with Crippen LogP contribution in [0.4, 0.5) is 0 Å². The average Bonchev–Trinajstić information content (AvgIpc) is 2.53. The minimum absolute atomic E-state index is 0.0434. The van der Waals surface area contributed by atoms with E-state index in [1.54, 1.807) is 6.92 Å². The van der Waals surface area contributed by atoms with Gasteiger partial charge in [-0.3, -0.25) is 9.79 Å². The third kappa shape index (κ3) is 4.56. The monoisotopic (exact) mass is 281 g/mol. The predicted octanol–water partition coefficient (Wildman–Crippen LogP) is 3.45. The molecule has 0 unspecified atom stereocenters. The first-order chi connectivity index (χ1) is 10.3. The summed E-state index contributed by atoms with van der Waals surface area (Å²) in [5.74, 6) is -0.254. The van der Waals surface area contributed by atoms with Crippen molar-refractivity contribution in [2.24, 2.45) is 4.99 Å². The van der Waals surface area contributed by atoms with Gasteiger partial charge in [-0.15, -0.1) is 0 Å². The highest BCUT2D eigenvalue weighted by Gasteiger charge is 2.11. The lowest BCUT2D eigenvalue weighted by atomic mass is 9.92. The molecule has 0 aliphatic heterocycles. The smallest absolute Gasteiger partial charge is 0.327 e. The Morgan fingerprint density at radius 1 is 1.05 bits per heavy atom. The second-order valence-electron chi connectivity index (χ2n) is 4.59. The van der Waals surface area contributed by atoms with Crippen LogP contribution in [0.2, 0.25) is 0 Å². The van der Waals surface area contributed by atoms with Gasteiger partial charge in [0.15, 0.2) is 0 Å². The number of aliphatic imine (C=N–C) groups is 1. The van der Waals surface area contributed by atoms with E-state index in [1.807, 2.05) is 42.6 Å². The third-order valence-electron chi connectivity index (χ3n) is 3.10. The molecule has 21 heavy (non-hydrogen) atoms. The van der Waals surface area contributed by atoms with E-state index < -0.39 is 0 Å². The van der Waals surface area contributed by atoms with Gasteiger partial charge in [0.1, 0.15) is 6.54 Å². The van der Waals surface area contributed by atoms with Gasteiger partial charge in [0.2, 0.25) is 0 Å². The standard InChI is InChI=1S/C18H19NO2/c1-2-21-18(20)14-19-13-17(15-9-5-3-6-10-15)16-11-7-4-8-12-16/h3-13,17H,2,14H2,1H3. The lowest BCUT2D eigenvalue weighted by Gasteiger charge is -2.13. The van der Waals surface area contributed by atoms with Gasteiger partial charge in [-0.2, -0.15) is 0 Å². The number of benzene rings is 2. The Balaban J connectivity index is 2.18. The zero-order valence-electron chi connectivity index (χ0n) is 12.1. The van der Waals surface area contributed by atoms with Crippen molar-refractivity contribution >= 4 is 12.2 Å². The van der Waals surface area contributed by atoms with Gasteiger partial charge < -0.3 is 4.74 Å². The van der Waals surface area contributed by atoms with Crippen LogP contribution >= 0.6 is 0 Å². The molecule has 2 rings (SSSR count). The van der Waals surface area contributed by atoms with Crippen molar-refractivity contribution in [3.63, 3.8) is 0 Å². The molecule has 0 N–H and O–H groups in total. The summed E-state index contributed by atoms with van der Waals surface area (Å²) in [7, 11) is 0. The average molecular weight is 281 g/mol. The number of esters is 1. The summed E-state index contributed by atoms with van der Waals surface area (Å²) in [5.41, 5.74) is 2.30. The minimum atomic E-state index is -0.298. The quantitative estimate of drug-likeness (QED) is 0.601. The Kier molecular flexibility index (Phi) is 5.71. The summed E-state index contributed by atoms with van der Waals surface area (Å²) in [6.07, 6.45) is 1.82. The van der Waals surface area contributed by atoms with Gasteiger partial charge in [-0.05, 0) is 18.1 Å². The molecule has 0 atom stereocenters. The fourth-order valence-electron chi connectivity index (χ4n) is 2.12. The van der Waals surface area contributed by atoms with Crippen LogP contribution in [0.15, 0.2) is 65.7 Å². The normalized spacial score (nSPS) is 11.0. The van der Waals surface area contributed by atoms with Gasteiger partial charge >= 0.3 is 5.97 Å². The first-order valence-electron chi connectivity index (χ1n) is 7.06. The predicted molar refractivity (Wildman–Crippen MR) is 84.7 cm³/mol. The molecule has 2 aromatic rings. The fraction of sp³-hybridized carbons (Fsp3) is 0.222. The van der Waals surface area contributed by atoms with Gasteiger partial charge in [0.05, 0.1) is 6.61 Å². The van der Waals surface area contributed by atoms with E-state index in [4.69, 9.17) is 4.74 Å². The van der Waals surface area contributed by atoms with Crippen molar-refractivity contribution in [2.45, 2.75) is 12.8 Å². The number of nitrogens with zero attached hydrogens (tertiary/aromatic N) is 1. The Hall–Kier alpha value is -2.42. The van der Waals surface area contributed by atoms with E-state index in [9.17, 15) is 4.79 Å². The molecule has 0 fully saturated rings. The maximum atomic E-state index is 11.4. The largest absolute Gasteiger partial charge is 0.465 e. The van der Waals surface area contributed by atoms with Crippen LogP contribution in [0.3, 0.4) is 0 Å². The van der Waals surface area contributed by atoms with Gasteiger partial charge in [-0.25, -0.2) is 0 Å². The molecule has 108 valence electrons. The number of ether oxygens (including phenoxy) is 1. The summed E-state index contributed by atoms with van der Waals surface area (Å²) in [6, 6.07) is 20.2. The second kappa shape index (κ2) is 8.00. The van der Waals surface area contributed by atoms with Crippen molar-refractivity contribution < 1.29 is 9.53 Å². The summed E-state index contributed by atoms with van der Waals surface area (Å²) in [4.78, 5) is 15.6. The van der Waals surface area contributed by atoms with Crippen LogP contribution in [0.5, 0.6) is 0 Å². The Morgan fingerprint density at radius 3 is 2.05 bits per heavy atom. The van der Waals surface area contributed by atoms with Gasteiger partial charge in [-0.1, -0.05) is 60.7 Å². The van der Waals surface area contributed by atoms with Crippen molar-refractivity contribution in [2.75, 3.05) is 13.2 Å². The SMILES string of the molecule is CCOC(=O)CN=CC(c1ccccc1)c1ccccc1. The highest BCUT2D eigenvalue weighted by molar-refractivity contribution is 5.78. The molecule has 3 heteroatoms. The molecule has 0 bridgehead atoms. The number of carbonyl (C=O) groups excluding carboxylic acids is 1. The Morgan fingerprint density at radius 2 is 1.57 bits per heavy atom. The molecule has 2 aromatic carbocycles. The minimum Gasteiger partial charge on any atom is -0.465 e. The molecule has 0 aromatic heterocycles. The van der Waals surface area contributed by atoms with Crippen molar-refractivity contribution in [1.82, 2.24) is 0 Å². The van der Waals surface area contributed by atoms with Crippen LogP contribution < -0.4 is 0 Å². The first kappa shape index (κ1) is 15.0. The Labute approximate surface area is 125 Å². The van der Waals surface area contributed by atoms with Crippen LogP contribution in [0.25, 0.3) is 0 Å². The molecule has 0 spiro atoms. The number of rotatable bonds is 6. The molecule has 3 nitrogen and oxygen atoms in total. The molecular weight excluding hydrogens is 262 g/mol. The highest BCUT2D eigenvalue weighted by atomic mass is 16.5. The Bertz CT molecular complexity index is 539. The van der Waals surface area contributed by atoms with Crippen LogP contribution in [0, 0.1) is 0 Å². The van der Waals surface area contributed by atoms with Crippen molar-refractivity contribution in [3.8, 4) is 0 Å². The molecule has 0 aliphatic rings. The zero-order chi connectivity index (χ0) is 14.9. The molecule has 0 radical (unpaired) electrons. The summed E-state index contributed by atoms with van der Waals surface area (Å²) < 4.78 is 4.88. The topological polar surface area (TPSA) is 38.7 Å². The summed E-state index contributed by atoms with van der Waals surface area (Å²) in [5, 5.41) is 0. The first-order valence-corrected chi connectivity index (χ1v) is 7.06. The lowest BCUT2D eigenvalue weighted by Crippen LogP contribution is -2.09. The number of hydrogen-bond donors (Lipinski definition) is 0. The third-order valence-corrected chi connectivity index (χ3v) is 3.10. The van der Waals surface area contributed by atoms with Crippen LogP contribution in [-0.4, -0.2) is 25.3 Å². The molecular formula is C18H19NO2. The second-order valence-corrected chi connectivity index (χ2v) is 4.59. The van der Waals surface area contributed by atoms with E-state index >= 15 is 0 Å². The summed E-state index contributed by atoms with van der Waals surface area (Å²) in [6.45, 7) is 2.23. The van der Waals surface area contributed by atoms with E-state index in [1.165, 1.54) is 0 Å². The summed E-state index contributed by atoms with van der Waals surface area (Å²) >= 11 is 0. The van der Waals surface area contributed by atoms with Gasteiger partial charge in [0.25, 0.3) is 0 Å². The van der Waals surface area contributed by atoms with Crippen molar-refractivity contribution in [1.29, 1.82) is 0 Å². The van der Waals surface area contributed by atoms with E-state index in [0.717, 1.165) is 11.1 Å². The zero-order valence-corrected chi connectivity index (χ0v) is 12.1. The number of hydrogen-bond acceptors (Lipinski definition) is 3. The molecule has 0 amide bonds. The molecule has 0 saturated heterocycles. The lowest BCUT2D eigenvalue weighted by molar-refractivity contribution is -0.141. The molecule has 0 saturated carbocycles. The van der Waals surface area contributed by atoms with Crippen molar-refractivity contribution in [3.05, 3.63) is 71.8 Å². The molecule has 0 aliphatic carbocycles. The fourth-order valence-corrected chi connectivity index (χ4v) is 2.12. The van der Waals surface area contributed by atoms with Gasteiger partial charge in [0, 0.05) is 12.1 Å². The van der Waals surface area contributed by atoms with E-state index in [-0.39, 0.29) is 18.4 Å². The highest BCUT2D eigenvalue weighted by Crippen LogP contribution is 2.22. The number of carbonyl (C=O) groups is 1. The maximum Gasteiger partial charge on any atom is 0.327 e.